The average molecular weight is 659 g/mol. The first kappa shape index (κ1) is 32.8. The fourth-order valence-electron chi connectivity index (χ4n) is 11.2. The molecule has 0 bridgehead atoms. The Morgan fingerprint density at radius 2 is 1.60 bits per heavy atom. The van der Waals surface area contributed by atoms with Crippen molar-refractivity contribution in [2.45, 2.75) is 97.2 Å². The molecule has 7 rings (SSSR count). The predicted molar refractivity (Wildman–Crippen MR) is 175 cm³/mol. The molecule has 256 valence electrons. The maximum absolute atomic E-state index is 13.6. The Labute approximate surface area is 281 Å². The van der Waals surface area contributed by atoms with E-state index in [1.807, 2.05) is 36.4 Å². The van der Waals surface area contributed by atoms with Gasteiger partial charge >= 0.3 is 17.9 Å². The molecule has 12 atom stereocenters. The number of ether oxygens (including phenoxy) is 4. The Morgan fingerprint density at radius 3 is 2.27 bits per heavy atom. The van der Waals surface area contributed by atoms with Crippen LogP contribution < -0.4 is 0 Å². The summed E-state index contributed by atoms with van der Waals surface area (Å²) in [7, 11) is 0. The van der Waals surface area contributed by atoms with Gasteiger partial charge in [-0.2, -0.15) is 0 Å². The Hall–Kier alpha value is -3.69. The number of benzene rings is 1. The molecule has 5 aliphatic rings. The molecule has 0 spiro atoms. The van der Waals surface area contributed by atoms with Crippen molar-refractivity contribution < 1.29 is 42.9 Å². The molecule has 3 saturated carbocycles. The van der Waals surface area contributed by atoms with E-state index in [0.29, 0.717) is 12.8 Å². The number of carbonyl (C=O) groups excluding carboxylic acids is 3. The van der Waals surface area contributed by atoms with E-state index < -0.39 is 64.1 Å². The minimum Gasteiger partial charge on any atom is -0.472 e. The monoisotopic (exact) mass is 658 g/mol. The van der Waals surface area contributed by atoms with Crippen molar-refractivity contribution in [3.63, 3.8) is 0 Å². The normalized spacial score (nSPS) is 42.7. The van der Waals surface area contributed by atoms with Crippen LogP contribution in [0.1, 0.15) is 77.8 Å². The van der Waals surface area contributed by atoms with E-state index in [1.54, 1.807) is 18.6 Å². The number of rotatable bonds is 6. The van der Waals surface area contributed by atoms with Crippen molar-refractivity contribution >= 4 is 24.0 Å². The van der Waals surface area contributed by atoms with E-state index in [4.69, 9.17) is 23.4 Å². The molecule has 4 fully saturated rings. The summed E-state index contributed by atoms with van der Waals surface area (Å²) in [6.07, 6.45) is 6.86. The lowest BCUT2D eigenvalue weighted by Gasteiger charge is -2.70. The van der Waals surface area contributed by atoms with Crippen LogP contribution in [-0.4, -0.2) is 60.1 Å². The number of furan rings is 1. The van der Waals surface area contributed by atoms with Crippen LogP contribution in [0.3, 0.4) is 0 Å². The molecule has 2 aromatic rings. The summed E-state index contributed by atoms with van der Waals surface area (Å²) in [5.41, 5.74) is 0.0482. The van der Waals surface area contributed by atoms with Gasteiger partial charge in [-0.15, -0.1) is 0 Å². The summed E-state index contributed by atoms with van der Waals surface area (Å²) in [5.74, 6) is -1.95. The Bertz CT molecular complexity index is 1650. The molecule has 48 heavy (non-hydrogen) atoms. The smallest absolute Gasteiger partial charge is 0.331 e. The Morgan fingerprint density at radius 1 is 0.896 bits per heavy atom. The summed E-state index contributed by atoms with van der Waals surface area (Å²) in [6.45, 7) is 11.6. The van der Waals surface area contributed by atoms with Crippen molar-refractivity contribution in [3.8, 4) is 0 Å². The standard InChI is InChI=1S/C39H46O9/c1-22(40)46-29-19-31(48-32(42)15-12-24-10-8-7-9-11-24)39(6)28-18-30(47-23(2)41)37(4)26(25-16-17-44-20-25)13-14-27(37)38(28,5)35(43)33-34(39)36(29,3)21-45-33/h7-12,14-17,20,26,28-31,33-35,43H,13,18-19,21H2,1-6H3/b15-12+. The topological polar surface area (TPSA) is 122 Å². The van der Waals surface area contributed by atoms with Gasteiger partial charge in [-0.3, -0.25) is 9.59 Å². The van der Waals surface area contributed by atoms with Gasteiger partial charge in [-0.1, -0.05) is 69.7 Å². The second-order valence-electron chi connectivity index (χ2n) is 15.5. The zero-order valence-electron chi connectivity index (χ0n) is 28.5. The number of esters is 3. The molecule has 4 aliphatic carbocycles. The highest BCUT2D eigenvalue weighted by Crippen LogP contribution is 2.75. The second kappa shape index (κ2) is 11.4. The molecule has 0 radical (unpaired) electrons. The van der Waals surface area contributed by atoms with Crippen LogP contribution in [0.15, 0.2) is 71.1 Å². The van der Waals surface area contributed by atoms with Gasteiger partial charge in [-0.25, -0.2) is 4.79 Å². The van der Waals surface area contributed by atoms with E-state index in [-0.39, 0.29) is 36.8 Å². The lowest BCUT2D eigenvalue weighted by molar-refractivity contribution is -0.270. The highest BCUT2D eigenvalue weighted by atomic mass is 16.6. The minimum absolute atomic E-state index is 0.0303. The number of hydrogen-bond donors (Lipinski definition) is 1. The van der Waals surface area contributed by atoms with Gasteiger partial charge in [0.2, 0.25) is 0 Å². The molecule has 9 nitrogen and oxygen atoms in total. The van der Waals surface area contributed by atoms with Crippen LogP contribution in [0.2, 0.25) is 0 Å². The fourth-order valence-corrected chi connectivity index (χ4v) is 11.2. The van der Waals surface area contributed by atoms with Crippen LogP contribution in [-0.2, 0) is 33.3 Å². The first-order valence-corrected chi connectivity index (χ1v) is 17.1. The molecule has 1 saturated heterocycles. The van der Waals surface area contributed by atoms with E-state index in [2.05, 4.69) is 33.8 Å². The maximum atomic E-state index is 13.6. The largest absolute Gasteiger partial charge is 0.472 e. The van der Waals surface area contributed by atoms with Crippen LogP contribution in [0.5, 0.6) is 0 Å². The van der Waals surface area contributed by atoms with E-state index in [1.165, 1.54) is 19.9 Å². The second-order valence-corrected chi connectivity index (χ2v) is 15.5. The van der Waals surface area contributed by atoms with E-state index in [0.717, 1.165) is 16.7 Å². The van der Waals surface area contributed by atoms with Gasteiger partial charge in [0.25, 0.3) is 0 Å². The fraction of sp³-hybridized carbons (Fsp3) is 0.564. The average Bonchev–Trinajstić information content (AvgIpc) is 3.78. The van der Waals surface area contributed by atoms with Crippen LogP contribution >= 0.6 is 0 Å². The van der Waals surface area contributed by atoms with Crippen molar-refractivity contribution in [1.82, 2.24) is 0 Å². The molecule has 1 N–H and O–H groups in total. The molecule has 0 amide bonds. The molecule has 1 aliphatic heterocycles. The van der Waals surface area contributed by atoms with Gasteiger partial charge in [0, 0.05) is 59.8 Å². The lowest BCUT2D eigenvalue weighted by atomic mass is 9.36. The molecule has 1 aromatic heterocycles. The number of allylic oxidation sites excluding steroid dienone is 1. The van der Waals surface area contributed by atoms with Crippen LogP contribution in [0.4, 0.5) is 0 Å². The molecule has 9 heteroatoms. The molecule has 1 aromatic carbocycles. The van der Waals surface area contributed by atoms with Crippen molar-refractivity contribution in [1.29, 1.82) is 0 Å². The highest BCUT2D eigenvalue weighted by molar-refractivity contribution is 5.87. The van der Waals surface area contributed by atoms with Crippen molar-refractivity contribution in [3.05, 3.63) is 77.8 Å². The molecule has 12 unspecified atom stereocenters. The van der Waals surface area contributed by atoms with Gasteiger partial charge in [0.15, 0.2) is 0 Å². The molecule has 2 heterocycles. The summed E-state index contributed by atoms with van der Waals surface area (Å²) in [6, 6.07) is 11.5. The Kier molecular flexibility index (Phi) is 7.83. The highest BCUT2D eigenvalue weighted by Gasteiger charge is 2.78. The summed E-state index contributed by atoms with van der Waals surface area (Å²) in [5, 5.41) is 12.6. The van der Waals surface area contributed by atoms with E-state index in [9.17, 15) is 19.5 Å². The maximum Gasteiger partial charge on any atom is 0.331 e. The quantitative estimate of drug-likeness (QED) is 0.172. The van der Waals surface area contributed by atoms with Gasteiger partial charge in [0.05, 0.1) is 31.3 Å². The SMILES string of the molecule is CC(=O)OC1CC(OC(=O)/C=C/c2ccccc2)C2(C)C3C(OCC13C)C(O)C1(C)C3=CCC(c4ccoc4)C3(C)C(OC(C)=O)CC12. The third-order valence-corrected chi connectivity index (χ3v) is 13.1. The van der Waals surface area contributed by atoms with Crippen LogP contribution in [0, 0.1) is 33.5 Å². The summed E-state index contributed by atoms with van der Waals surface area (Å²) in [4.78, 5) is 38.8. The molecular weight excluding hydrogens is 612 g/mol. The third-order valence-electron chi connectivity index (χ3n) is 13.1. The zero-order valence-corrected chi connectivity index (χ0v) is 28.5. The third kappa shape index (κ3) is 4.60. The number of fused-ring (bicyclic) bond motifs is 4. The first-order chi connectivity index (χ1) is 22.7. The Balaban J connectivity index is 1.35. The summed E-state index contributed by atoms with van der Waals surface area (Å²) >= 11 is 0. The van der Waals surface area contributed by atoms with E-state index >= 15 is 0 Å². The summed E-state index contributed by atoms with van der Waals surface area (Å²) < 4.78 is 30.7. The lowest BCUT2D eigenvalue weighted by Crippen LogP contribution is -2.74. The number of hydrogen-bond acceptors (Lipinski definition) is 9. The number of carbonyl (C=O) groups is 3. The van der Waals surface area contributed by atoms with Gasteiger partial charge in [-0.05, 0) is 42.0 Å². The molecular formula is C39H46O9. The first-order valence-electron chi connectivity index (χ1n) is 17.1. The number of aliphatic hydroxyl groups excluding tert-OH is 1. The number of aliphatic hydroxyl groups is 1. The van der Waals surface area contributed by atoms with Gasteiger partial charge < -0.3 is 28.5 Å². The predicted octanol–water partition coefficient (Wildman–Crippen LogP) is 6.02. The zero-order chi connectivity index (χ0) is 34.2. The van der Waals surface area contributed by atoms with Crippen molar-refractivity contribution in [2.24, 2.45) is 33.5 Å². The van der Waals surface area contributed by atoms with Gasteiger partial charge in [0.1, 0.15) is 18.3 Å². The minimum atomic E-state index is -0.917. The van der Waals surface area contributed by atoms with Crippen LogP contribution in [0.25, 0.3) is 6.08 Å². The van der Waals surface area contributed by atoms with Crippen molar-refractivity contribution in [2.75, 3.05) is 6.61 Å².